The molecule has 2 rings (SSSR count). The number of hydrogen-bond acceptors (Lipinski definition) is 1. The van der Waals surface area contributed by atoms with Crippen LogP contribution in [0.3, 0.4) is 0 Å². The number of alkyl halides is 17. The van der Waals surface area contributed by atoms with Crippen molar-refractivity contribution in [2.24, 2.45) is 0 Å². The topological polar surface area (TPSA) is 20.2 Å². The normalized spacial score (nSPS) is 46.5. The molecule has 2 aliphatic rings. The molecular formula is C10HI17O. The van der Waals surface area contributed by atoms with Gasteiger partial charge in [0.15, 0.2) is 3.61 Å². The number of fused-ring (bicyclic) bond motifs is 1. The summed E-state index contributed by atoms with van der Waals surface area (Å²) >= 11 is 45.0. The van der Waals surface area contributed by atoms with Crippen LogP contribution in [-0.2, 0) is 0 Å². The largest absolute Gasteiger partial charge is 0.376 e. The molecule has 2 fully saturated rings. The highest BCUT2D eigenvalue weighted by atomic mass is 127. The van der Waals surface area contributed by atoms with E-state index in [4.69, 9.17) is 0 Å². The van der Waals surface area contributed by atoms with Crippen molar-refractivity contribution in [1.29, 1.82) is 0 Å². The van der Waals surface area contributed by atoms with Crippen LogP contribution in [0, 0.1) is 0 Å². The van der Waals surface area contributed by atoms with Crippen LogP contribution in [0.1, 0.15) is 0 Å². The van der Waals surface area contributed by atoms with Gasteiger partial charge in [-0.3, -0.25) is 0 Å². The molecule has 1 nitrogen and oxygen atoms in total. The van der Waals surface area contributed by atoms with Gasteiger partial charge in [0.25, 0.3) is 0 Å². The first-order valence-electron chi connectivity index (χ1n) is 6.19. The molecule has 2 saturated carbocycles. The van der Waals surface area contributed by atoms with E-state index in [0.29, 0.717) is 0 Å². The van der Waals surface area contributed by atoms with E-state index in [9.17, 15) is 5.11 Å². The minimum Gasteiger partial charge on any atom is -0.376 e. The van der Waals surface area contributed by atoms with Gasteiger partial charge in [0.05, 0.1) is 3.42 Å². The quantitative estimate of drug-likeness (QED) is 0.189. The molecule has 0 bridgehead atoms. The SMILES string of the molecule is OC1(I)C(I)(I)C(I)(I)C(I)(I)C2(I)C(I)(I)C(I)(I)C(I)(I)C(I)(I)C12I. The third-order valence-electron chi connectivity index (χ3n) is 4.62. The Hall–Kier alpha value is 12.4. The predicted molar refractivity (Wildman–Crippen MR) is 268 cm³/mol. The molecule has 0 amide bonds. The molecule has 0 saturated heterocycles. The average molecular weight is 2290 g/mol. The van der Waals surface area contributed by atoms with Crippen LogP contribution < -0.4 is 0 Å². The molecule has 0 aromatic rings. The van der Waals surface area contributed by atoms with Crippen molar-refractivity contribution < 1.29 is 5.11 Å². The first-order chi connectivity index (χ1) is 11.8. The summed E-state index contributed by atoms with van der Waals surface area (Å²) in [4.78, 5) is 0. The van der Waals surface area contributed by atoms with Crippen molar-refractivity contribution in [3.63, 3.8) is 0 Å². The van der Waals surface area contributed by atoms with Gasteiger partial charge in [-0.15, -0.1) is 0 Å². The highest BCUT2D eigenvalue weighted by Crippen LogP contribution is 2.92. The van der Waals surface area contributed by atoms with E-state index >= 15 is 0 Å². The zero-order chi connectivity index (χ0) is 23.0. The third kappa shape index (κ3) is 4.32. The maximum atomic E-state index is 12.6. The number of halogens is 17. The van der Waals surface area contributed by atoms with E-state index in [-0.39, 0.29) is 12.0 Å². The Morgan fingerprint density at radius 1 is 0.286 bits per heavy atom. The fourth-order valence-electron chi connectivity index (χ4n) is 2.95. The van der Waals surface area contributed by atoms with Gasteiger partial charge < -0.3 is 5.11 Å². The number of hydrogen-bond donors (Lipinski definition) is 1. The average Bonchev–Trinajstić information content (AvgIpc) is 2.49. The van der Waals surface area contributed by atoms with Crippen LogP contribution in [0.2, 0.25) is 0 Å². The Labute approximate surface area is 396 Å². The summed E-state index contributed by atoms with van der Waals surface area (Å²) < 4.78 is -3.08. The highest BCUT2D eigenvalue weighted by Gasteiger charge is 2.97. The second kappa shape index (κ2) is 11.1. The van der Waals surface area contributed by atoms with Crippen LogP contribution in [0.5, 0.6) is 0 Å². The molecule has 2 aliphatic carbocycles. The summed E-state index contributed by atoms with van der Waals surface area (Å²) in [5.41, 5.74) is 0. The van der Waals surface area contributed by atoms with Gasteiger partial charge in [-0.1, -0.05) is 361 Å². The summed E-state index contributed by atoms with van der Waals surface area (Å²) in [5.74, 6) is 0. The summed E-state index contributed by atoms with van der Waals surface area (Å²) in [6.07, 6.45) is 0. The van der Waals surface area contributed by atoms with E-state index in [2.05, 4.69) is 384 Å². The molecule has 3 atom stereocenters. The minimum atomic E-state index is -0.974. The lowest BCUT2D eigenvalue weighted by atomic mass is 9.68. The van der Waals surface area contributed by atoms with E-state index in [0.717, 1.165) is 0 Å². The van der Waals surface area contributed by atoms with Crippen molar-refractivity contribution >= 4 is 384 Å². The fourth-order valence-corrected chi connectivity index (χ4v) is 39.1. The molecule has 0 aromatic carbocycles. The number of aliphatic hydroxyl groups is 1. The Bertz CT molecular complexity index is 593. The van der Waals surface area contributed by atoms with Crippen molar-refractivity contribution in [2.45, 2.75) is 20.5 Å². The first kappa shape index (κ1) is 36.6. The molecule has 0 aliphatic heterocycles. The number of rotatable bonds is 0. The van der Waals surface area contributed by atoms with Crippen LogP contribution in [-0.4, -0.2) is 25.6 Å². The Morgan fingerprint density at radius 2 is 0.500 bits per heavy atom. The van der Waals surface area contributed by atoms with E-state index in [1.807, 2.05) is 0 Å². The van der Waals surface area contributed by atoms with Gasteiger partial charge in [-0.05, 0) is 22.6 Å². The minimum absolute atomic E-state index is 0.0791. The molecule has 0 aromatic heterocycles. The third-order valence-corrected chi connectivity index (χ3v) is 64.6. The molecule has 0 radical (unpaired) electrons. The van der Waals surface area contributed by atoms with Gasteiger partial charge in [-0.25, -0.2) is 0 Å². The smallest absolute Gasteiger partial charge is 0.159 e. The Balaban J connectivity index is 3.23. The second-order valence-corrected chi connectivity index (χ2v) is 47.9. The van der Waals surface area contributed by atoms with E-state index < -0.39 is 8.46 Å². The lowest BCUT2D eigenvalue weighted by Crippen LogP contribution is -2.94. The van der Waals surface area contributed by atoms with Gasteiger partial charge in [0, 0.05) is 0 Å². The summed E-state index contributed by atoms with van der Waals surface area (Å²) in [6.45, 7) is 0. The van der Waals surface area contributed by atoms with Crippen LogP contribution in [0.25, 0.3) is 0 Å². The van der Waals surface area contributed by atoms with Gasteiger partial charge in [0.1, 0.15) is 13.4 Å². The summed E-state index contributed by atoms with van der Waals surface area (Å²) in [7, 11) is 0. The molecule has 166 valence electrons. The zero-order valence-electron chi connectivity index (χ0n) is 11.9. The van der Waals surface area contributed by atoms with Crippen LogP contribution in [0.4, 0.5) is 0 Å². The van der Waals surface area contributed by atoms with E-state index in [1.54, 1.807) is 0 Å². The monoisotopic (exact) mass is 2290 g/mol. The Morgan fingerprint density at radius 3 is 0.786 bits per heavy atom. The van der Waals surface area contributed by atoms with Crippen molar-refractivity contribution in [2.75, 3.05) is 0 Å². The van der Waals surface area contributed by atoms with E-state index in [1.165, 1.54) is 0 Å². The molecule has 28 heavy (non-hydrogen) atoms. The van der Waals surface area contributed by atoms with Crippen LogP contribution in [0.15, 0.2) is 0 Å². The summed E-state index contributed by atoms with van der Waals surface area (Å²) in [5, 5.41) is 12.6. The predicted octanol–water partition coefficient (Wildman–Crippen LogP) is 12.4. The Kier molecular flexibility index (Phi) is 14.5. The molecule has 0 spiro atoms. The molecule has 0 heterocycles. The molecular weight excluding hydrogens is 2290 g/mol. The van der Waals surface area contributed by atoms with Crippen LogP contribution >= 0.6 is 384 Å². The van der Waals surface area contributed by atoms with Crippen molar-refractivity contribution in [1.82, 2.24) is 0 Å². The molecule has 3 unspecified atom stereocenters. The van der Waals surface area contributed by atoms with Gasteiger partial charge >= 0.3 is 0 Å². The maximum Gasteiger partial charge on any atom is 0.159 e. The maximum absolute atomic E-state index is 12.6. The lowest BCUT2D eigenvalue weighted by molar-refractivity contribution is 0.0660. The standard InChI is InChI=1S/C10HI17O/c11-1-2(12,5(17,18)7(21,22)6(19,20)3(1,13)14)10(27,28)9(25,26)8(23,24)4(1,15)16/h28H. The van der Waals surface area contributed by atoms with Gasteiger partial charge in [0.2, 0.25) is 0 Å². The first-order valence-corrected chi connectivity index (χ1v) is 24.5. The molecule has 18 heteroatoms. The highest BCUT2D eigenvalue weighted by molar-refractivity contribution is 14.2. The fraction of sp³-hybridized carbons (Fsp3) is 1.00. The zero-order valence-corrected chi connectivity index (χ0v) is 48.6. The van der Waals surface area contributed by atoms with Crippen molar-refractivity contribution in [3.05, 3.63) is 0 Å². The molecule has 1 N–H and O–H groups in total. The van der Waals surface area contributed by atoms with Crippen molar-refractivity contribution in [3.8, 4) is 0 Å². The summed E-state index contributed by atoms with van der Waals surface area (Å²) in [6, 6.07) is 0. The second-order valence-electron chi connectivity index (χ2n) is 5.96. The lowest BCUT2D eigenvalue weighted by Gasteiger charge is -2.78. The van der Waals surface area contributed by atoms with Gasteiger partial charge in [-0.2, -0.15) is 0 Å².